The SMILES string of the molecule is COc1ccc2c(c1OC)C=C(C)[C@@H]2c1ccccc1. The van der Waals surface area contributed by atoms with E-state index in [9.17, 15) is 0 Å². The van der Waals surface area contributed by atoms with Gasteiger partial charge < -0.3 is 9.47 Å². The van der Waals surface area contributed by atoms with Crippen molar-refractivity contribution in [1.82, 2.24) is 0 Å². The van der Waals surface area contributed by atoms with E-state index >= 15 is 0 Å². The highest BCUT2D eigenvalue weighted by Crippen LogP contribution is 2.47. The van der Waals surface area contributed by atoms with E-state index in [1.54, 1.807) is 14.2 Å². The van der Waals surface area contributed by atoms with Gasteiger partial charge in [0.2, 0.25) is 0 Å². The maximum atomic E-state index is 5.54. The van der Waals surface area contributed by atoms with Gasteiger partial charge in [-0.2, -0.15) is 0 Å². The maximum Gasteiger partial charge on any atom is 0.168 e. The first kappa shape index (κ1) is 12.8. The molecule has 0 bridgehead atoms. The highest BCUT2D eigenvalue weighted by Gasteiger charge is 2.27. The summed E-state index contributed by atoms with van der Waals surface area (Å²) in [4.78, 5) is 0. The summed E-state index contributed by atoms with van der Waals surface area (Å²) in [7, 11) is 3.36. The molecule has 0 heterocycles. The Morgan fingerprint density at radius 2 is 1.65 bits per heavy atom. The Morgan fingerprint density at radius 1 is 0.900 bits per heavy atom. The van der Waals surface area contributed by atoms with Crippen LogP contribution in [0.25, 0.3) is 6.08 Å². The molecular weight excluding hydrogens is 248 g/mol. The lowest BCUT2D eigenvalue weighted by Gasteiger charge is -2.17. The molecule has 3 rings (SSSR count). The zero-order chi connectivity index (χ0) is 14.1. The molecule has 2 aromatic carbocycles. The van der Waals surface area contributed by atoms with Gasteiger partial charge in [-0.3, -0.25) is 0 Å². The maximum absolute atomic E-state index is 5.54. The van der Waals surface area contributed by atoms with E-state index < -0.39 is 0 Å². The summed E-state index contributed by atoms with van der Waals surface area (Å²) >= 11 is 0. The van der Waals surface area contributed by atoms with Crippen molar-refractivity contribution in [2.24, 2.45) is 0 Å². The van der Waals surface area contributed by atoms with Crippen molar-refractivity contribution in [3.8, 4) is 11.5 Å². The lowest BCUT2D eigenvalue weighted by molar-refractivity contribution is 0.354. The van der Waals surface area contributed by atoms with Crippen LogP contribution in [0.5, 0.6) is 11.5 Å². The molecule has 0 spiro atoms. The fraction of sp³-hybridized carbons (Fsp3) is 0.222. The molecule has 0 N–H and O–H groups in total. The third-order valence-corrected chi connectivity index (χ3v) is 3.89. The molecule has 0 radical (unpaired) electrons. The van der Waals surface area contributed by atoms with Gasteiger partial charge in [-0.1, -0.05) is 48.0 Å². The summed E-state index contributed by atoms with van der Waals surface area (Å²) in [6, 6.07) is 14.7. The van der Waals surface area contributed by atoms with E-state index in [0.29, 0.717) is 5.92 Å². The molecule has 0 aromatic heterocycles. The standard InChI is InChI=1S/C18H18O2/c1-12-11-15-14(9-10-16(19-2)18(15)20-3)17(12)13-7-5-4-6-8-13/h4-11,17H,1-3H3/t17-/m1/s1. The van der Waals surface area contributed by atoms with Crippen LogP contribution in [-0.2, 0) is 0 Å². The van der Waals surface area contributed by atoms with Gasteiger partial charge in [-0.15, -0.1) is 0 Å². The van der Waals surface area contributed by atoms with E-state index in [1.807, 2.05) is 12.1 Å². The zero-order valence-electron chi connectivity index (χ0n) is 12.0. The third-order valence-electron chi connectivity index (χ3n) is 3.89. The number of rotatable bonds is 3. The number of benzene rings is 2. The van der Waals surface area contributed by atoms with Crippen molar-refractivity contribution in [1.29, 1.82) is 0 Å². The molecule has 2 heteroatoms. The van der Waals surface area contributed by atoms with Gasteiger partial charge in [-0.25, -0.2) is 0 Å². The highest BCUT2D eigenvalue weighted by molar-refractivity contribution is 5.75. The molecule has 102 valence electrons. The molecule has 0 aliphatic heterocycles. The van der Waals surface area contributed by atoms with E-state index in [2.05, 4.69) is 43.3 Å². The minimum atomic E-state index is 0.311. The van der Waals surface area contributed by atoms with Crippen LogP contribution in [0.4, 0.5) is 0 Å². The van der Waals surface area contributed by atoms with Gasteiger partial charge in [-0.05, 0) is 24.1 Å². The fourth-order valence-corrected chi connectivity index (χ4v) is 3.01. The van der Waals surface area contributed by atoms with Crippen LogP contribution in [-0.4, -0.2) is 14.2 Å². The molecule has 0 fully saturated rings. The Kier molecular flexibility index (Phi) is 3.23. The molecule has 2 nitrogen and oxygen atoms in total. The minimum Gasteiger partial charge on any atom is -0.493 e. The predicted molar refractivity (Wildman–Crippen MR) is 81.5 cm³/mol. The average molecular weight is 266 g/mol. The summed E-state index contributed by atoms with van der Waals surface area (Å²) in [5.74, 6) is 1.91. The lowest BCUT2D eigenvalue weighted by Crippen LogP contribution is -2.01. The molecular formula is C18H18O2. The number of ether oxygens (including phenoxy) is 2. The second-order valence-electron chi connectivity index (χ2n) is 5.04. The van der Waals surface area contributed by atoms with Crippen LogP contribution in [0, 0.1) is 0 Å². The van der Waals surface area contributed by atoms with Gasteiger partial charge in [0.15, 0.2) is 11.5 Å². The number of fused-ring (bicyclic) bond motifs is 1. The van der Waals surface area contributed by atoms with Crippen molar-refractivity contribution in [2.45, 2.75) is 12.8 Å². The van der Waals surface area contributed by atoms with Gasteiger partial charge >= 0.3 is 0 Å². The monoisotopic (exact) mass is 266 g/mol. The summed E-state index contributed by atoms with van der Waals surface area (Å²) in [5.41, 5.74) is 5.06. The first-order chi connectivity index (χ1) is 9.76. The number of hydrogen-bond acceptors (Lipinski definition) is 2. The summed E-state index contributed by atoms with van der Waals surface area (Å²) in [5, 5.41) is 0. The van der Waals surface area contributed by atoms with Crippen LogP contribution in [0.2, 0.25) is 0 Å². The average Bonchev–Trinajstić information content (AvgIpc) is 2.82. The van der Waals surface area contributed by atoms with Crippen LogP contribution < -0.4 is 9.47 Å². The van der Waals surface area contributed by atoms with Crippen LogP contribution in [0.1, 0.15) is 29.5 Å². The van der Waals surface area contributed by atoms with Crippen molar-refractivity contribution in [2.75, 3.05) is 14.2 Å². The van der Waals surface area contributed by atoms with E-state index in [4.69, 9.17) is 9.47 Å². The lowest BCUT2D eigenvalue weighted by atomic mass is 9.89. The largest absolute Gasteiger partial charge is 0.493 e. The van der Waals surface area contributed by atoms with Crippen LogP contribution in [0.3, 0.4) is 0 Å². The fourth-order valence-electron chi connectivity index (χ4n) is 3.01. The molecule has 0 unspecified atom stereocenters. The van der Waals surface area contributed by atoms with Gasteiger partial charge in [0.25, 0.3) is 0 Å². The van der Waals surface area contributed by atoms with Gasteiger partial charge in [0, 0.05) is 11.5 Å². The number of hydrogen-bond donors (Lipinski definition) is 0. The molecule has 0 saturated carbocycles. The topological polar surface area (TPSA) is 18.5 Å². The first-order valence-corrected chi connectivity index (χ1v) is 6.74. The first-order valence-electron chi connectivity index (χ1n) is 6.74. The van der Waals surface area contributed by atoms with Gasteiger partial charge in [0.05, 0.1) is 14.2 Å². The highest BCUT2D eigenvalue weighted by atomic mass is 16.5. The minimum absolute atomic E-state index is 0.311. The summed E-state index contributed by atoms with van der Waals surface area (Å²) in [6.45, 7) is 2.17. The van der Waals surface area contributed by atoms with Crippen molar-refractivity contribution < 1.29 is 9.47 Å². The van der Waals surface area contributed by atoms with Crippen LogP contribution >= 0.6 is 0 Å². The van der Waals surface area contributed by atoms with E-state index in [1.165, 1.54) is 16.7 Å². The number of methoxy groups -OCH3 is 2. The summed E-state index contributed by atoms with van der Waals surface area (Å²) < 4.78 is 10.9. The molecule has 1 aliphatic rings. The van der Waals surface area contributed by atoms with Crippen LogP contribution in [0.15, 0.2) is 48.0 Å². The Bertz CT molecular complexity index is 657. The normalized spacial score (nSPS) is 16.6. The Labute approximate surface area is 119 Å². The van der Waals surface area contributed by atoms with Crippen molar-refractivity contribution >= 4 is 6.08 Å². The van der Waals surface area contributed by atoms with Gasteiger partial charge in [0.1, 0.15) is 0 Å². The molecule has 1 aliphatic carbocycles. The Hall–Kier alpha value is -2.22. The zero-order valence-corrected chi connectivity index (χ0v) is 12.0. The van der Waals surface area contributed by atoms with E-state index in [-0.39, 0.29) is 0 Å². The third kappa shape index (κ3) is 1.88. The number of allylic oxidation sites excluding steroid dienone is 1. The second-order valence-corrected chi connectivity index (χ2v) is 5.04. The van der Waals surface area contributed by atoms with Crippen molar-refractivity contribution in [3.63, 3.8) is 0 Å². The van der Waals surface area contributed by atoms with E-state index in [0.717, 1.165) is 17.1 Å². The molecule has 20 heavy (non-hydrogen) atoms. The molecule has 0 amide bonds. The molecule has 0 saturated heterocycles. The quantitative estimate of drug-likeness (QED) is 0.826. The smallest absolute Gasteiger partial charge is 0.168 e. The predicted octanol–water partition coefficient (Wildman–Crippen LogP) is 4.25. The Morgan fingerprint density at radius 3 is 2.30 bits per heavy atom. The molecule has 2 aromatic rings. The second kappa shape index (κ2) is 5.04. The van der Waals surface area contributed by atoms with Crippen molar-refractivity contribution in [3.05, 3.63) is 64.7 Å². The summed E-state index contributed by atoms with van der Waals surface area (Å²) in [6.07, 6.45) is 2.20. The Balaban J connectivity index is 2.16. The molecule has 1 atom stereocenters.